The second kappa shape index (κ2) is 5.84. The maximum atomic E-state index is 11.8. The van der Waals surface area contributed by atoms with Gasteiger partial charge in [0.2, 0.25) is 0 Å². The summed E-state index contributed by atoms with van der Waals surface area (Å²) in [4.78, 5) is 23.1. The molecule has 1 aliphatic rings. The largest absolute Gasteiger partial charge is 0.419 e. The van der Waals surface area contributed by atoms with E-state index in [1.807, 2.05) is 0 Å². The standard InChI is InChI=1S/C13H12ClNO7S/c1-13(2)21-11(16)8(12(17)22-13)6-15-10-5-7(23(18,19)20)3-4-9(10)14/h3-6,15H,1-2H3,(H,18,19,20). The Bertz CT molecular complexity index is 792. The topological polar surface area (TPSA) is 119 Å². The lowest BCUT2D eigenvalue weighted by atomic mass is 10.2. The van der Waals surface area contributed by atoms with E-state index in [1.165, 1.54) is 19.9 Å². The zero-order valence-electron chi connectivity index (χ0n) is 12.0. The number of carbonyl (C=O) groups is 2. The summed E-state index contributed by atoms with van der Waals surface area (Å²) in [7, 11) is -4.42. The van der Waals surface area contributed by atoms with E-state index in [0.717, 1.165) is 18.3 Å². The molecule has 1 heterocycles. The summed E-state index contributed by atoms with van der Waals surface area (Å²) in [6.45, 7) is 2.80. The minimum Gasteiger partial charge on any atom is -0.419 e. The quantitative estimate of drug-likeness (QED) is 0.361. The van der Waals surface area contributed by atoms with Crippen LogP contribution in [0.3, 0.4) is 0 Å². The normalized spacial score (nSPS) is 17.3. The van der Waals surface area contributed by atoms with E-state index in [4.69, 9.17) is 25.6 Å². The molecule has 10 heteroatoms. The molecule has 0 aromatic heterocycles. The van der Waals surface area contributed by atoms with Crippen molar-refractivity contribution < 1.29 is 32.0 Å². The van der Waals surface area contributed by atoms with Crippen molar-refractivity contribution in [2.45, 2.75) is 24.5 Å². The molecule has 0 saturated carbocycles. The van der Waals surface area contributed by atoms with E-state index in [0.29, 0.717) is 0 Å². The van der Waals surface area contributed by atoms with Crippen LogP contribution in [-0.4, -0.2) is 30.7 Å². The molecule has 1 aliphatic heterocycles. The van der Waals surface area contributed by atoms with Gasteiger partial charge in [0.1, 0.15) is 0 Å². The Hall–Kier alpha value is -2.10. The van der Waals surface area contributed by atoms with Crippen molar-refractivity contribution in [2.24, 2.45) is 0 Å². The lowest BCUT2D eigenvalue weighted by Crippen LogP contribution is -2.42. The fourth-order valence-electron chi connectivity index (χ4n) is 1.70. The number of esters is 2. The molecule has 1 fully saturated rings. The number of hydrogen-bond acceptors (Lipinski definition) is 7. The van der Waals surface area contributed by atoms with Gasteiger partial charge in [0.05, 0.1) is 15.6 Å². The average molecular weight is 362 g/mol. The SMILES string of the molecule is CC1(C)OC(=O)C(=CNc2cc(S(=O)(=O)O)ccc2Cl)C(=O)O1. The molecule has 2 N–H and O–H groups in total. The van der Waals surface area contributed by atoms with Gasteiger partial charge in [-0.05, 0) is 18.2 Å². The smallest absolute Gasteiger partial charge is 0.350 e. The third kappa shape index (κ3) is 4.01. The third-order valence-corrected chi connectivity index (χ3v) is 3.90. The fraction of sp³-hybridized carbons (Fsp3) is 0.231. The highest BCUT2D eigenvalue weighted by Crippen LogP contribution is 2.27. The number of nitrogens with one attached hydrogen (secondary N) is 1. The van der Waals surface area contributed by atoms with E-state index in [9.17, 15) is 18.0 Å². The first-order chi connectivity index (χ1) is 10.5. The summed E-state index contributed by atoms with van der Waals surface area (Å²) in [6.07, 6.45) is 0.981. The molecule has 8 nitrogen and oxygen atoms in total. The van der Waals surface area contributed by atoms with E-state index in [-0.39, 0.29) is 10.7 Å². The first-order valence-electron chi connectivity index (χ1n) is 6.20. The van der Waals surface area contributed by atoms with Gasteiger partial charge in [-0.3, -0.25) is 4.55 Å². The van der Waals surface area contributed by atoms with Crippen molar-refractivity contribution in [2.75, 3.05) is 5.32 Å². The molecule has 2 rings (SSSR count). The van der Waals surface area contributed by atoms with Gasteiger partial charge in [-0.15, -0.1) is 0 Å². The number of carbonyl (C=O) groups excluding carboxylic acids is 2. The monoisotopic (exact) mass is 361 g/mol. The van der Waals surface area contributed by atoms with Crippen LogP contribution in [0.4, 0.5) is 5.69 Å². The Morgan fingerprint density at radius 1 is 1.22 bits per heavy atom. The predicted molar refractivity (Wildman–Crippen MR) is 79.2 cm³/mol. The second-order valence-corrected chi connectivity index (χ2v) is 6.83. The Kier molecular flexibility index (Phi) is 4.38. The number of anilines is 1. The van der Waals surface area contributed by atoms with Crippen LogP contribution in [0.1, 0.15) is 13.8 Å². The molecule has 0 aliphatic carbocycles. The molecule has 0 bridgehead atoms. The second-order valence-electron chi connectivity index (χ2n) is 5.00. The minimum atomic E-state index is -4.42. The van der Waals surface area contributed by atoms with E-state index in [2.05, 4.69) is 5.32 Å². The first kappa shape index (κ1) is 17.3. The molecular formula is C13H12ClNO7S. The Labute approximate surface area is 136 Å². The van der Waals surface area contributed by atoms with Gasteiger partial charge in [-0.25, -0.2) is 9.59 Å². The molecule has 0 radical (unpaired) electrons. The molecular weight excluding hydrogens is 350 g/mol. The number of cyclic esters (lactones) is 2. The van der Waals surface area contributed by atoms with Crippen LogP contribution in [0.5, 0.6) is 0 Å². The van der Waals surface area contributed by atoms with Gasteiger partial charge in [-0.2, -0.15) is 8.42 Å². The lowest BCUT2D eigenvalue weighted by molar-refractivity contribution is -0.222. The summed E-state index contributed by atoms with van der Waals surface area (Å²) in [5, 5.41) is 2.62. The fourth-order valence-corrected chi connectivity index (χ4v) is 2.38. The highest BCUT2D eigenvalue weighted by Gasteiger charge is 2.38. The number of hydrogen-bond donors (Lipinski definition) is 2. The zero-order chi connectivity index (χ0) is 17.4. The van der Waals surface area contributed by atoms with Gasteiger partial charge in [0, 0.05) is 20.0 Å². The maximum Gasteiger partial charge on any atom is 0.350 e. The lowest BCUT2D eigenvalue weighted by Gasteiger charge is -2.29. The highest BCUT2D eigenvalue weighted by atomic mass is 35.5. The van der Waals surface area contributed by atoms with Crippen LogP contribution in [-0.2, 0) is 29.2 Å². The number of halogens is 1. The molecule has 0 atom stereocenters. The summed E-state index contributed by atoms with van der Waals surface area (Å²) in [5.41, 5.74) is -0.364. The molecule has 0 unspecified atom stereocenters. The molecule has 1 aromatic carbocycles. The van der Waals surface area contributed by atoms with Crippen molar-refractivity contribution >= 4 is 39.3 Å². The Morgan fingerprint density at radius 3 is 2.30 bits per heavy atom. The van der Waals surface area contributed by atoms with E-state index >= 15 is 0 Å². The van der Waals surface area contributed by atoms with E-state index in [1.54, 1.807) is 0 Å². The molecule has 1 saturated heterocycles. The highest BCUT2D eigenvalue weighted by molar-refractivity contribution is 7.85. The molecule has 124 valence electrons. The van der Waals surface area contributed by atoms with Crippen molar-refractivity contribution in [3.63, 3.8) is 0 Å². The van der Waals surface area contributed by atoms with Crippen LogP contribution in [0.25, 0.3) is 0 Å². The zero-order valence-corrected chi connectivity index (χ0v) is 13.6. The number of rotatable bonds is 3. The average Bonchev–Trinajstić information content (AvgIpc) is 2.36. The Balaban J connectivity index is 2.30. The predicted octanol–water partition coefficient (Wildman–Crippen LogP) is 1.72. The van der Waals surface area contributed by atoms with Crippen LogP contribution in [0.15, 0.2) is 34.9 Å². The summed E-state index contributed by atoms with van der Waals surface area (Å²) in [5.74, 6) is -3.17. The van der Waals surface area contributed by atoms with Crippen LogP contribution >= 0.6 is 11.6 Å². The number of benzene rings is 1. The Morgan fingerprint density at radius 2 is 1.78 bits per heavy atom. The molecule has 0 spiro atoms. The minimum absolute atomic E-state index is 0.0553. The van der Waals surface area contributed by atoms with Gasteiger partial charge >= 0.3 is 11.9 Å². The molecule has 0 amide bonds. The molecule has 23 heavy (non-hydrogen) atoms. The van der Waals surface area contributed by atoms with Gasteiger partial charge in [0.25, 0.3) is 15.9 Å². The summed E-state index contributed by atoms with van der Waals surface area (Å²) in [6, 6.07) is 3.37. The van der Waals surface area contributed by atoms with Crippen molar-refractivity contribution in [3.8, 4) is 0 Å². The van der Waals surface area contributed by atoms with Gasteiger partial charge < -0.3 is 14.8 Å². The van der Waals surface area contributed by atoms with Crippen LogP contribution < -0.4 is 5.32 Å². The van der Waals surface area contributed by atoms with Crippen molar-refractivity contribution in [1.82, 2.24) is 0 Å². The molecule has 1 aromatic rings. The van der Waals surface area contributed by atoms with Crippen LogP contribution in [0, 0.1) is 0 Å². The number of ether oxygens (including phenoxy) is 2. The van der Waals surface area contributed by atoms with Crippen molar-refractivity contribution in [1.29, 1.82) is 0 Å². The maximum absolute atomic E-state index is 11.8. The van der Waals surface area contributed by atoms with Gasteiger partial charge in [-0.1, -0.05) is 11.6 Å². The summed E-state index contributed by atoms with van der Waals surface area (Å²) < 4.78 is 41.0. The summed E-state index contributed by atoms with van der Waals surface area (Å²) >= 11 is 5.88. The van der Waals surface area contributed by atoms with Crippen molar-refractivity contribution in [3.05, 3.63) is 35.0 Å². The van der Waals surface area contributed by atoms with Gasteiger partial charge in [0.15, 0.2) is 5.57 Å². The third-order valence-electron chi connectivity index (χ3n) is 2.72. The van der Waals surface area contributed by atoms with Crippen LogP contribution in [0.2, 0.25) is 5.02 Å². The van der Waals surface area contributed by atoms with E-state index < -0.39 is 38.3 Å². The first-order valence-corrected chi connectivity index (χ1v) is 8.02.